The van der Waals surface area contributed by atoms with Gasteiger partial charge in [0.2, 0.25) is 0 Å². The van der Waals surface area contributed by atoms with Gasteiger partial charge in [-0.05, 0) is 30.5 Å². The molecule has 0 radical (unpaired) electrons. The maximum absolute atomic E-state index is 4.43. The average Bonchev–Trinajstić information content (AvgIpc) is 2.25. The largest absolute Gasteiger partial charge is 0.316 e. The molecule has 2 nitrogen and oxygen atoms in total. The number of pyridine rings is 1. The van der Waals surface area contributed by atoms with Crippen molar-refractivity contribution < 1.29 is 0 Å². The quantitative estimate of drug-likeness (QED) is 0.723. The summed E-state index contributed by atoms with van der Waals surface area (Å²) in [5.74, 6) is 0.723. The number of nitrogens with one attached hydrogen (secondary N) is 1. The van der Waals surface area contributed by atoms with E-state index in [1.165, 1.54) is 11.3 Å². The van der Waals surface area contributed by atoms with Crippen LogP contribution in [0.15, 0.2) is 18.3 Å². The number of nitrogens with zero attached hydrogens (tertiary/aromatic N) is 1. The van der Waals surface area contributed by atoms with Gasteiger partial charge in [0.15, 0.2) is 0 Å². The Labute approximate surface area is 93.1 Å². The summed E-state index contributed by atoms with van der Waals surface area (Å²) in [6.07, 6.45) is 4.08. The molecule has 0 unspecified atom stereocenters. The minimum absolute atomic E-state index is 0.723. The Morgan fingerprint density at radius 2 is 2.13 bits per heavy atom. The normalized spacial score (nSPS) is 10.9. The van der Waals surface area contributed by atoms with Gasteiger partial charge in [0.05, 0.1) is 0 Å². The molecule has 84 valence electrons. The molecule has 0 atom stereocenters. The van der Waals surface area contributed by atoms with Crippen LogP contribution in [0.1, 0.15) is 32.0 Å². The first kappa shape index (κ1) is 12.2. The van der Waals surface area contributed by atoms with Crippen LogP contribution in [0.25, 0.3) is 0 Å². The number of aromatic nitrogens is 1. The Morgan fingerprint density at radius 3 is 2.67 bits per heavy atom. The second kappa shape index (κ2) is 6.57. The van der Waals surface area contributed by atoms with E-state index in [4.69, 9.17) is 0 Å². The van der Waals surface area contributed by atoms with Crippen molar-refractivity contribution in [1.29, 1.82) is 0 Å². The predicted octanol–water partition coefficient (Wildman–Crippen LogP) is 2.43. The number of aryl methyl sites for hydroxylation is 1. The van der Waals surface area contributed by atoms with Crippen LogP contribution in [0.5, 0.6) is 0 Å². The van der Waals surface area contributed by atoms with Crippen LogP contribution in [0, 0.1) is 5.92 Å². The van der Waals surface area contributed by atoms with E-state index >= 15 is 0 Å². The van der Waals surface area contributed by atoms with Gasteiger partial charge in [0.25, 0.3) is 0 Å². The zero-order valence-electron chi connectivity index (χ0n) is 10.1. The van der Waals surface area contributed by atoms with Crippen molar-refractivity contribution in [2.24, 2.45) is 5.92 Å². The van der Waals surface area contributed by atoms with Crippen LogP contribution >= 0.6 is 0 Å². The third-order valence-electron chi connectivity index (χ3n) is 2.40. The summed E-state index contributed by atoms with van der Waals surface area (Å²) in [6, 6.07) is 4.31. The molecule has 0 aliphatic carbocycles. The van der Waals surface area contributed by atoms with Crippen molar-refractivity contribution in [1.82, 2.24) is 10.3 Å². The summed E-state index contributed by atoms with van der Waals surface area (Å²) in [7, 11) is 0. The molecule has 1 rings (SSSR count). The van der Waals surface area contributed by atoms with E-state index in [0.29, 0.717) is 0 Å². The van der Waals surface area contributed by atoms with Gasteiger partial charge in [0.1, 0.15) is 0 Å². The van der Waals surface area contributed by atoms with Gasteiger partial charge in [-0.15, -0.1) is 0 Å². The summed E-state index contributed by atoms with van der Waals surface area (Å²) < 4.78 is 0. The van der Waals surface area contributed by atoms with E-state index in [0.717, 1.165) is 31.8 Å². The maximum atomic E-state index is 4.43. The molecule has 1 aromatic heterocycles. The second-order valence-electron chi connectivity index (χ2n) is 4.36. The van der Waals surface area contributed by atoms with E-state index < -0.39 is 0 Å². The van der Waals surface area contributed by atoms with Crippen LogP contribution in [-0.4, -0.2) is 18.1 Å². The lowest BCUT2D eigenvalue weighted by atomic mass is 10.2. The highest BCUT2D eigenvalue weighted by atomic mass is 14.9. The average molecular weight is 206 g/mol. The first-order valence-electron chi connectivity index (χ1n) is 5.87. The Balaban J connectivity index is 2.25. The fourth-order valence-corrected chi connectivity index (χ4v) is 1.42. The third-order valence-corrected chi connectivity index (χ3v) is 2.40. The first-order chi connectivity index (χ1) is 7.22. The Kier molecular flexibility index (Phi) is 5.33. The first-order valence-corrected chi connectivity index (χ1v) is 5.87. The lowest BCUT2D eigenvalue weighted by molar-refractivity contribution is 0.552. The Morgan fingerprint density at radius 1 is 1.33 bits per heavy atom. The third kappa shape index (κ3) is 4.93. The van der Waals surface area contributed by atoms with E-state index in [1.54, 1.807) is 0 Å². The molecule has 0 saturated heterocycles. The lowest BCUT2D eigenvalue weighted by Crippen LogP contribution is -2.22. The topological polar surface area (TPSA) is 24.9 Å². The highest BCUT2D eigenvalue weighted by Gasteiger charge is 1.96. The van der Waals surface area contributed by atoms with Gasteiger partial charge in [-0.2, -0.15) is 0 Å². The van der Waals surface area contributed by atoms with E-state index in [9.17, 15) is 0 Å². The number of rotatable bonds is 6. The zero-order valence-corrected chi connectivity index (χ0v) is 10.1. The van der Waals surface area contributed by atoms with E-state index in [-0.39, 0.29) is 0 Å². The molecule has 0 bridgehead atoms. The minimum atomic E-state index is 0.723. The summed E-state index contributed by atoms with van der Waals surface area (Å²) >= 11 is 0. The van der Waals surface area contributed by atoms with Crippen molar-refractivity contribution >= 4 is 0 Å². The molecule has 1 heterocycles. The summed E-state index contributed by atoms with van der Waals surface area (Å²) in [5, 5.41) is 3.42. The molecular weight excluding hydrogens is 184 g/mol. The van der Waals surface area contributed by atoms with Crippen molar-refractivity contribution in [2.45, 2.75) is 33.6 Å². The standard InChI is InChI=1S/C13H22N2/c1-4-12-5-6-13(15-10-12)7-8-14-9-11(2)3/h5-6,10-11,14H,4,7-9H2,1-3H3. The molecule has 1 aromatic rings. The summed E-state index contributed by atoms with van der Waals surface area (Å²) in [4.78, 5) is 4.43. The summed E-state index contributed by atoms with van der Waals surface area (Å²) in [5.41, 5.74) is 2.50. The van der Waals surface area contributed by atoms with Crippen molar-refractivity contribution in [3.05, 3.63) is 29.6 Å². The SMILES string of the molecule is CCc1ccc(CCNCC(C)C)nc1. The van der Waals surface area contributed by atoms with Gasteiger partial charge in [0, 0.05) is 24.9 Å². The number of hydrogen-bond acceptors (Lipinski definition) is 2. The highest BCUT2D eigenvalue weighted by molar-refractivity contribution is 5.14. The van der Waals surface area contributed by atoms with Gasteiger partial charge in [-0.25, -0.2) is 0 Å². The van der Waals surface area contributed by atoms with Crippen LogP contribution in [-0.2, 0) is 12.8 Å². The van der Waals surface area contributed by atoms with Crippen LogP contribution in [0.3, 0.4) is 0 Å². The molecule has 0 spiro atoms. The molecule has 1 N–H and O–H groups in total. The van der Waals surface area contributed by atoms with E-state index in [1.807, 2.05) is 6.20 Å². The molecular formula is C13H22N2. The summed E-state index contributed by atoms with van der Waals surface area (Å²) in [6.45, 7) is 8.72. The fraction of sp³-hybridized carbons (Fsp3) is 0.615. The molecule has 0 fully saturated rings. The van der Waals surface area contributed by atoms with Crippen LogP contribution in [0.2, 0.25) is 0 Å². The second-order valence-corrected chi connectivity index (χ2v) is 4.36. The van der Waals surface area contributed by atoms with Crippen molar-refractivity contribution in [3.63, 3.8) is 0 Å². The Hall–Kier alpha value is -0.890. The zero-order chi connectivity index (χ0) is 11.1. The van der Waals surface area contributed by atoms with Gasteiger partial charge in [-0.3, -0.25) is 4.98 Å². The van der Waals surface area contributed by atoms with Gasteiger partial charge >= 0.3 is 0 Å². The van der Waals surface area contributed by atoms with Crippen LogP contribution < -0.4 is 5.32 Å². The van der Waals surface area contributed by atoms with Gasteiger partial charge in [-0.1, -0.05) is 26.8 Å². The molecule has 0 saturated carbocycles. The lowest BCUT2D eigenvalue weighted by Gasteiger charge is -2.07. The minimum Gasteiger partial charge on any atom is -0.316 e. The smallest absolute Gasteiger partial charge is 0.0416 e. The highest BCUT2D eigenvalue weighted by Crippen LogP contribution is 2.01. The van der Waals surface area contributed by atoms with Crippen LogP contribution in [0.4, 0.5) is 0 Å². The molecule has 2 heteroatoms. The van der Waals surface area contributed by atoms with E-state index in [2.05, 4.69) is 43.2 Å². The van der Waals surface area contributed by atoms with Crippen molar-refractivity contribution in [2.75, 3.05) is 13.1 Å². The van der Waals surface area contributed by atoms with Crippen molar-refractivity contribution in [3.8, 4) is 0 Å². The molecule has 0 aromatic carbocycles. The van der Waals surface area contributed by atoms with Gasteiger partial charge < -0.3 is 5.32 Å². The fourth-order valence-electron chi connectivity index (χ4n) is 1.42. The predicted molar refractivity (Wildman–Crippen MR) is 65.0 cm³/mol. The molecule has 0 aliphatic heterocycles. The molecule has 0 aliphatic rings. The molecule has 15 heavy (non-hydrogen) atoms. The number of hydrogen-bond donors (Lipinski definition) is 1. The Bertz CT molecular complexity index is 264. The molecule has 0 amide bonds. The monoisotopic (exact) mass is 206 g/mol. The maximum Gasteiger partial charge on any atom is 0.0416 e.